The topological polar surface area (TPSA) is 128 Å². The van der Waals surface area contributed by atoms with E-state index < -0.39 is 0 Å². The highest BCUT2D eigenvalue weighted by atomic mass is 32.1. The molecule has 5 heterocycles. The summed E-state index contributed by atoms with van der Waals surface area (Å²) in [4.78, 5) is 35.4. The van der Waals surface area contributed by atoms with Gasteiger partial charge in [-0.05, 0) is 50.8 Å². The predicted molar refractivity (Wildman–Crippen MR) is 159 cm³/mol. The zero-order valence-electron chi connectivity index (χ0n) is 22.4. The van der Waals surface area contributed by atoms with Gasteiger partial charge in [0.1, 0.15) is 16.4 Å². The Morgan fingerprint density at radius 1 is 1.28 bits per heavy atom. The van der Waals surface area contributed by atoms with Crippen LogP contribution < -0.4 is 26.8 Å². The number of hydrogen-bond acceptors (Lipinski definition) is 8. The van der Waals surface area contributed by atoms with Crippen LogP contribution in [0.4, 0.5) is 11.8 Å². The molecule has 1 unspecified atom stereocenters. The number of nitrogens with one attached hydrogen (secondary N) is 3. The molecule has 3 aliphatic rings. The van der Waals surface area contributed by atoms with Gasteiger partial charge in [-0.3, -0.25) is 9.78 Å². The summed E-state index contributed by atoms with van der Waals surface area (Å²) in [7, 11) is 0. The van der Waals surface area contributed by atoms with Gasteiger partial charge in [0.15, 0.2) is 5.96 Å². The molecule has 39 heavy (non-hydrogen) atoms. The molecule has 0 amide bonds. The van der Waals surface area contributed by atoms with E-state index in [0.29, 0.717) is 28.3 Å². The van der Waals surface area contributed by atoms with Crippen molar-refractivity contribution < 1.29 is 0 Å². The van der Waals surface area contributed by atoms with Gasteiger partial charge in [-0.25, -0.2) is 9.98 Å². The van der Waals surface area contributed by atoms with E-state index >= 15 is 0 Å². The van der Waals surface area contributed by atoms with Crippen LogP contribution in [-0.4, -0.2) is 71.1 Å². The lowest BCUT2D eigenvalue weighted by molar-refractivity contribution is 0.339. The summed E-state index contributed by atoms with van der Waals surface area (Å²) in [6.45, 7) is 7.38. The second-order valence-electron chi connectivity index (χ2n) is 10.9. The van der Waals surface area contributed by atoms with Crippen LogP contribution in [0.5, 0.6) is 0 Å². The Labute approximate surface area is 232 Å². The molecule has 6 rings (SSSR count). The zero-order valence-corrected chi connectivity index (χ0v) is 23.3. The van der Waals surface area contributed by atoms with Gasteiger partial charge in [-0.15, -0.1) is 11.3 Å². The number of aliphatic imine (C=N–C) groups is 1. The van der Waals surface area contributed by atoms with Crippen LogP contribution in [0.3, 0.4) is 0 Å². The van der Waals surface area contributed by atoms with E-state index in [0.717, 1.165) is 81.6 Å². The summed E-state index contributed by atoms with van der Waals surface area (Å²) in [5.41, 5.74) is 7.65. The first-order chi connectivity index (χ1) is 19.0. The van der Waals surface area contributed by atoms with Crippen molar-refractivity contribution in [3.05, 3.63) is 46.9 Å². The van der Waals surface area contributed by atoms with Gasteiger partial charge in [-0.2, -0.15) is 4.98 Å². The molecule has 0 bridgehead atoms. The van der Waals surface area contributed by atoms with Gasteiger partial charge in [0, 0.05) is 50.4 Å². The van der Waals surface area contributed by atoms with Crippen molar-refractivity contribution in [3.63, 3.8) is 0 Å². The number of thiazole rings is 1. The van der Waals surface area contributed by atoms with Gasteiger partial charge in [0.05, 0.1) is 10.2 Å². The highest BCUT2D eigenvalue weighted by molar-refractivity contribution is 7.21. The lowest BCUT2D eigenvalue weighted by atomic mass is 9.86. The van der Waals surface area contributed by atoms with Crippen LogP contribution >= 0.6 is 11.3 Å². The maximum Gasteiger partial charge on any atom is 0.264 e. The second-order valence-corrected chi connectivity index (χ2v) is 11.9. The Balaban J connectivity index is 1.28. The first kappa shape index (κ1) is 25.8. The minimum Gasteiger partial charge on any atom is -0.370 e. The van der Waals surface area contributed by atoms with Gasteiger partial charge in [0.25, 0.3) is 5.56 Å². The van der Waals surface area contributed by atoms with Crippen molar-refractivity contribution in [2.45, 2.75) is 45.1 Å². The molecule has 0 radical (unpaired) electrons. The molecule has 1 aromatic carbocycles. The van der Waals surface area contributed by atoms with E-state index in [9.17, 15) is 4.79 Å². The number of aromatic nitrogens is 3. The van der Waals surface area contributed by atoms with Crippen molar-refractivity contribution >= 4 is 39.3 Å². The number of para-hydroxylation sites is 1. The fourth-order valence-electron chi connectivity index (χ4n) is 5.96. The van der Waals surface area contributed by atoms with E-state index in [1.807, 2.05) is 30.3 Å². The highest BCUT2D eigenvalue weighted by Crippen LogP contribution is 2.41. The molecule has 0 aliphatic carbocycles. The molecule has 3 aliphatic heterocycles. The van der Waals surface area contributed by atoms with Gasteiger partial charge in [-0.1, -0.05) is 25.1 Å². The van der Waals surface area contributed by atoms with E-state index in [1.165, 1.54) is 11.3 Å². The average molecular weight is 548 g/mol. The third kappa shape index (κ3) is 5.38. The molecular weight excluding hydrogens is 510 g/mol. The Morgan fingerprint density at radius 3 is 2.97 bits per heavy atom. The van der Waals surface area contributed by atoms with Crippen molar-refractivity contribution in [2.75, 3.05) is 49.5 Å². The minimum atomic E-state index is -0.154. The number of guanidine groups is 1. The number of hydrogen-bond donors (Lipinski definition) is 4. The Hall–Kier alpha value is -3.44. The molecule has 1 spiro atoms. The summed E-state index contributed by atoms with van der Waals surface area (Å²) in [6.07, 6.45) is 8.94. The molecule has 11 heteroatoms. The third-order valence-electron chi connectivity index (χ3n) is 8.10. The molecule has 3 saturated heterocycles. The minimum absolute atomic E-state index is 0.111. The summed E-state index contributed by atoms with van der Waals surface area (Å²) in [6, 6.07) is 8.20. The fraction of sp³-hybridized carbons (Fsp3) is 0.500. The largest absolute Gasteiger partial charge is 0.370 e. The smallest absolute Gasteiger partial charge is 0.264 e. The molecular formula is C28H37N9OS. The number of allylic oxidation sites excluding steroid dienone is 1. The molecule has 206 valence electrons. The fourth-order valence-corrected chi connectivity index (χ4v) is 6.97. The number of H-pyrrole nitrogens is 1. The predicted octanol–water partition coefficient (Wildman–Crippen LogP) is 3.35. The van der Waals surface area contributed by atoms with Crippen LogP contribution in [0.2, 0.25) is 0 Å². The normalized spacial score (nSPS) is 24.0. The summed E-state index contributed by atoms with van der Waals surface area (Å²) >= 11 is 1.53. The monoisotopic (exact) mass is 547 g/mol. The van der Waals surface area contributed by atoms with Crippen LogP contribution in [-0.2, 0) is 0 Å². The van der Waals surface area contributed by atoms with Crippen LogP contribution in [0.15, 0.2) is 46.3 Å². The summed E-state index contributed by atoms with van der Waals surface area (Å²) in [5, 5.41) is 7.75. The number of nitrogens with two attached hydrogens (primary N) is 1. The molecule has 5 N–H and O–H groups in total. The van der Waals surface area contributed by atoms with Crippen LogP contribution in [0.25, 0.3) is 20.8 Å². The highest BCUT2D eigenvalue weighted by Gasteiger charge is 2.44. The van der Waals surface area contributed by atoms with Crippen molar-refractivity contribution in [1.29, 1.82) is 0 Å². The number of anilines is 2. The summed E-state index contributed by atoms with van der Waals surface area (Å²) < 4.78 is 1.06. The SMILES string of the molecule is CC/C=C\N=C(N)N1CCC2(CCN(c3nc(N[C@@H]4CCCNC4)c(-c4nc5ccccc5s4)c(=O)[nH]3)C2)C1. The zero-order chi connectivity index (χ0) is 26.8. The number of likely N-dealkylation sites (tertiary alicyclic amines) is 1. The summed E-state index contributed by atoms with van der Waals surface area (Å²) in [5.74, 6) is 1.82. The lowest BCUT2D eigenvalue weighted by Crippen LogP contribution is -2.39. The van der Waals surface area contributed by atoms with Gasteiger partial charge in [0.2, 0.25) is 5.95 Å². The van der Waals surface area contributed by atoms with E-state index in [1.54, 1.807) is 6.20 Å². The maximum absolute atomic E-state index is 13.7. The molecule has 2 atom stereocenters. The van der Waals surface area contributed by atoms with E-state index in [4.69, 9.17) is 15.7 Å². The van der Waals surface area contributed by atoms with Crippen molar-refractivity contribution in [2.24, 2.45) is 16.1 Å². The first-order valence-electron chi connectivity index (χ1n) is 14.0. The quantitative estimate of drug-likeness (QED) is 0.273. The van der Waals surface area contributed by atoms with Crippen molar-refractivity contribution in [1.82, 2.24) is 25.2 Å². The second kappa shape index (κ2) is 11.0. The molecule has 3 aromatic rings. The number of benzene rings is 1. The average Bonchev–Trinajstić information content (AvgIpc) is 3.68. The number of nitrogens with zero attached hydrogens (tertiary/aromatic N) is 5. The van der Waals surface area contributed by atoms with Gasteiger partial charge < -0.3 is 26.2 Å². The standard InChI is InChI=1S/C28H37N9OS/c1-2-3-13-31-26(29)36-14-10-28(17-36)11-15-37(18-28)27-34-23(32-19-7-6-12-30-16-19)22(24(38)35-27)25-33-20-8-4-5-9-21(20)39-25/h3-5,8-9,13,19,30H,2,6-7,10-12,14-18H2,1H3,(H2,29,31)(H2,32,34,35,38)/b13-3-/t19-,28?/m1/s1. The van der Waals surface area contributed by atoms with E-state index in [-0.39, 0.29) is 17.0 Å². The van der Waals surface area contributed by atoms with E-state index in [2.05, 4.69) is 37.3 Å². The van der Waals surface area contributed by atoms with Crippen LogP contribution in [0.1, 0.15) is 39.0 Å². The Kier molecular flexibility index (Phi) is 7.26. The number of piperidine rings is 1. The van der Waals surface area contributed by atoms with Gasteiger partial charge >= 0.3 is 0 Å². The molecule has 0 saturated carbocycles. The molecule has 10 nitrogen and oxygen atoms in total. The Morgan fingerprint density at radius 2 is 2.15 bits per heavy atom. The van der Waals surface area contributed by atoms with Crippen LogP contribution in [0, 0.1) is 5.41 Å². The maximum atomic E-state index is 13.7. The van der Waals surface area contributed by atoms with Crippen molar-refractivity contribution in [3.8, 4) is 10.6 Å². The number of rotatable bonds is 6. The number of fused-ring (bicyclic) bond motifs is 1. The lowest BCUT2D eigenvalue weighted by Gasteiger charge is -2.27. The third-order valence-corrected chi connectivity index (χ3v) is 9.15. The molecule has 2 aromatic heterocycles. The number of aromatic amines is 1. The molecule has 3 fully saturated rings. The Bertz CT molecular complexity index is 1410. The first-order valence-corrected chi connectivity index (χ1v) is 14.8.